The molecule has 0 atom stereocenters. The summed E-state index contributed by atoms with van der Waals surface area (Å²) >= 11 is 11.7. The second kappa shape index (κ2) is 5.98. The average Bonchev–Trinajstić information content (AvgIpc) is 2.35. The highest BCUT2D eigenvalue weighted by Gasteiger charge is 2.07. The van der Waals surface area contributed by atoms with Gasteiger partial charge in [-0.1, -0.05) is 35.3 Å². The highest BCUT2D eigenvalue weighted by molar-refractivity contribution is 6.42. The van der Waals surface area contributed by atoms with Crippen molar-refractivity contribution >= 4 is 29.0 Å². The highest BCUT2D eigenvalue weighted by Crippen LogP contribution is 2.23. The molecule has 0 aliphatic rings. The SMILES string of the molecule is O=C(Cc1cccnc1)Cc1ccc(Cl)c(Cl)c1. The fraction of sp³-hybridized carbons (Fsp3) is 0.143. The molecule has 2 aromatic rings. The maximum Gasteiger partial charge on any atom is 0.141 e. The lowest BCUT2D eigenvalue weighted by molar-refractivity contribution is -0.117. The monoisotopic (exact) mass is 279 g/mol. The molecule has 1 aromatic heterocycles. The van der Waals surface area contributed by atoms with Gasteiger partial charge in [-0.25, -0.2) is 0 Å². The van der Waals surface area contributed by atoms with Gasteiger partial charge in [0.05, 0.1) is 10.0 Å². The number of Topliss-reactive ketones (excluding diaryl/α,β-unsaturated/α-hetero) is 1. The number of aromatic nitrogens is 1. The average molecular weight is 280 g/mol. The zero-order valence-corrected chi connectivity index (χ0v) is 11.1. The van der Waals surface area contributed by atoms with Crippen molar-refractivity contribution in [3.05, 3.63) is 63.9 Å². The Hall–Kier alpha value is -1.38. The van der Waals surface area contributed by atoms with Crippen LogP contribution in [0.15, 0.2) is 42.7 Å². The molecule has 0 unspecified atom stereocenters. The third kappa shape index (κ3) is 3.56. The van der Waals surface area contributed by atoms with Crippen LogP contribution in [-0.2, 0) is 17.6 Å². The molecule has 2 nitrogen and oxygen atoms in total. The highest BCUT2D eigenvalue weighted by atomic mass is 35.5. The molecule has 92 valence electrons. The second-order valence-corrected chi connectivity index (χ2v) is 4.82. The van der Waals surface area contributed by atoms with E-state index < -0.39 is 0 Å². The number of rotatable bonds is 4. The van der Waals surface area contributed by atoms with Crippen LogP contribution in [0, 0.1) is 0 Å². The predicted octanol–water partition coefficient (Wildman–Crippen LogP) is 3.74. The van der Waals surface area contributed by atoms with Crippen molar-refractivity contribution < 1.29 is 4.79 Å². The van der Waals surface area contributed by atoms with Crippen molar-refractivity contribution in [3.8, 4) is 0 Å². The molecule has 18 heavy (non-hydrogen) atoms. The molecule has 2 rings (SSSR count). The first-order valence-corrected chi connectivity index (χ1v) is 6.25. The van der Waals surface area contributed by atoms with Crippen LogP contribution >= 0.6 is 23.2 Å². The van der Waals surface area contributed by atoms with Crippen molar-refractivity contribution in [3.63, 3.8) is 0 Å². The van der Waals surface area contributed by atoms with Gasteiger partial charge in [0.2, 0.25) is 0 Å². The topological polar surface area (TPSA) is 30.0 Å². The molecule has 0 bridgehead atoms. The van der Waals surface area contributed by atoms with Crippen LogP contribution in [0.25, 0.3) is 0 Å². The molecule has 0 fully saturated rings. The Kier molecular flexibility index (Phi) is 4.34. The number of halogens is 2. The van der Waals surface area contributed by atoms with Crippen molar-refractivity contribution in [1.29, 1.82) is 0 Å². The summed E-state index contributed by atoms with van der Waals surface area (Å²) in [5.74, 6) is 0.126. The Morgan fingerprint density at radius 1 is 1.06 bits per heavy atom. The normalized spacial score (nSPS) is 10.3. The van der Waals surface area contributed by atoms with E-state index in [2.05, 4.69) is 4.98 Å². The summed E-state index contributed by atoms with van der Waals surface area (Å²) in [6, 6.07) is 8.96. The molecule has 0 amide bonds. The Morgan fingerprint density at radius 3 is 2.50 bits per heavy atom. The van der Waals surface area contributed by atoms with Crippen LogP contribution < -0.4 is 0 Å². The van der Waals surface area contributed by atoms with Gasteiger partial charge in [-0.2, -0.15) is 0 Å². The summed E-state index contributed by atoms with van der Waals surface area (Å²) in [5.41, 5.74) is 1.79. The van der Waals surface area contributed by atoms with Gasteiger partial charge in [0.1, 0.15) is 5.78 Å². The minimum Gasteiger partial charge on any atom is -0.299 e. The minimum atomic E-state index is 0.126. The van der Waals surface area contributed by atoms with E-state index >= 15 is 0 Å². The molecule has 0 saturated heterocycles. The number of carbonyl (C=O) groups is 1. The molecular weight excluding hydrogens is 269 g/mol. The molecule has 0 saturated carbocycles. The molecule has 1 aromatic carbocycles. The van der Waals surface area contributed by atoms with Gasteiger partial charge in [-0.15, -0.1) is 0 Å². The Bertz CT molecular complexity index is 555. The molecule has 0 aliphatic heterocycles. The number of benzene rings is 1. The van der Waals surface area contributed by atoms with Gasteiger partial charge in [0.25, 0.3) is 0 Å². The van der Waals surface area contributed by atoms with Crippen LogP contribution in [0.5, 0.6) is 0 Å². The molecule has 0 N–H and O–H groups in total. The van der Waals surface area contributed by atoms with E-state index in [4.69, 9.17) is 23.2 Å². The van der Waals surface area contributed by atoms with Crippen molar-refractivity contribution in [2.75, 3.05) is 0 Å². The van der Waals surface area contributed by atoms with Gasteiger partial charge in [-0.3, -0.25) is 9.78 Å². The molecular formula is C14H11Cl2NO. The first-order valence-electron chi connectivity index (χ1n) is 5.49. The Balaban J connectivity index is 2.01. The van der Waals surface area contributed by atoms with Crippen LogP contribution in [-0.4, -0.2) is 10.8 Å². The van der Waals surface area contributed by atoms with Gasteiger partial charge < -0.3 is 0 Å². The van der Waals surface area contributed by atoms with Crippen molar-refractivity contribution in [2.24, 2.45) is 0 Å². The number of hydrogen-bond acceptors (Lipinski definition) is 2. The quantitative estimate of drug-likeness (QED) is 0.853. The Labute approximate surface area is 116 Å². The third-order valence-electron chi connectivity index (χ3n) is 2.51. The van der Waals surface area contributed by atoms with Crippen LogP contribution in [0.1, 0.15) is 11.1 Å². The minimum absolute atomic E-state index is 0.126. The summed E-state index contributed by atoms with van der Waals surface area (Å²) in [7, 11) is 0. The number of hydrogen-bond donors (Lipinski definition) is 0. The van der Waals surface area contributed by atoms with Gasteiger partial charge in [0.15, 0.2) is 0 Å². The molecule has 0 spiro atoms. The smallest absolute Gasteiger partial charge is 0.141 e. The molecule has 4 heteroatoms. The van der Waals surface area contributed by atoms with E-state index in [-0.39, 0.29) is 5.78 Å². The van der Waals surface area contributed by atoms with Crippen LogP contribution in [0.2, 0.25) is 10.0 Å². The maximum absolute atomic E-state index is 11.9. The molecule has 0 aliphatic carbocycles. The summed E-state index contributed by atoms with van der Waals surface area (Å²) in [6.07, 6.45) is 4.12. The second-order valence-electron chi connectivity index (χ2n) is 4.00. The van der Waals surface area contributed by atoms with E-state index in [0.717, 1.165) is 11.1 Å². The predicted molar refractivity (Wildman–Crippen MR) is 73.1 cm³/mol. The van der Waals surface area contributed by atoms with Gasteiger partial charge in [0, 0.05) is 25.2 Å². The first-order chi connectivity index (χ1) is 8.65. The van der Waals surface area contributed by atoms with Crippen molar-refractivity contribution in [2.45, 2.75) is 12.8 Å². The fourth-order valence-corrected chi connectivity index (χ4v) is 1.99. The van der Waals surface area contributed by atoms with Crippen LogP contribution in [0.3, 0.4) is 0 Å². The van der Waals surface area contributed by atoms with E-state index in [1.165, 1.54) is 0 Å². The molecule has 1 heterocycles. The maximum atomic E-state index is 11.9. The van der Waals surface area contributed by atoms with E-state index in [1.54, 1.807) is 24.5 Å². The molecule has 0 radical (unpaired) electrons. The number of pyridine rings is 1. The first kappa shape index (κ1) is 13.1. The zero-order chi connectivity index (χ0) is 13.0. The largest absolute Gasteiger partial charge is 0.299 e. The summed E-state index contributed by atoms with van der Waals surface area (Å²) in [4.78, 5) is 15.9. The summed E-state index contributed by atoms with van der Waals surface area (Å²) in [5, 5.41) is 0.975. The zero-order valence-electron chi connectivity index (χ0n) is 9.57. The summed E-state index contributed by atoms with van der Waals surface area (Å²) in [6.45, 7) is 0. The van der Waals surface area contributed by atoms with Crippen molar-refractivity contribution in [1.82, 2.24) is 4.98 Å². The lowest BCUT2D eigenvalue weighted by Gasteiger charge is -2.03. The summed E-state index contributed by atoms with van der Waals surface area (Å²) < 4.78 is 0. The fourth-order valence-electron chi connectivity index (χ4n) is 1.67. The Morgan fingerprint density at radius 2 is 1.83 bits per heavy atom. The lowest BCUT2D eigenvalue weighted by atomic mass is 10.0. The van der Waals surface area contributed by atoms with Crippen LogP contribution in [0.4, 0.5) is 0 Å². The number of carbonyl (C=O) groups excluding carboxylic acids is 1. The van der Waals surface area contributed by atoms with Gasteiger partial charge in [-0.05, 0) is 29.3 Å². The standard InChI is InChI=1S/C14H11Cl2NO/c15-13-4-3-10(8-14(13)16)6-12(18)7-11-2-1-5-17-9-11/h1-5,8-9H,6-7H2. The third-order valence-corrected chi connectivity index (χ3v) is 3.25. The number of ketones is 1. The van der Waals surface area contributed by atoms with E-state index in [9.17, 15) is 4.79 Å². The van der Waals surface area contributed by atoms with E-state index in [0.29, 0.717) is 22.9 Å². The van der Waals surface area contributed by atoms with E-state index in [1.807, 2.05) is 18.2 Å². The van der Waals surface area contributed by atoms with Gasteiger partial charge >= 0.3 is 0 Å². The lowest BCUT2D eigenvalue weighted by Crippen LogP contribution is -2.06. The number of nitrogens with zero attached hydrogens (tertiary/aromatic N) is 1.